The van der Waals surface area contributed by atoms with Crippen molar-refractivity contribution in [2.45, 2.75) is 55.9 Å². The van der Waals surface area contributed by atoms with Gasteiger partial charge in [0.1, 0.15) is 17.2 Å². The molecule has 6 aromatic rings. The largest absolute Gasteiger partial charge is 0.495 e. The van der Waals surface area contributed by atoms with Crippen LogP contribution in [0.1, 0.15) is 25.7 Å². The second-order valence-electron chi connectivity index (χ2n) is 19.2. The van der Waals surface area contributed by atoms with Gasteiger partial charge in [0.25, 0.3) is 0 Å². The Bertz CT molecular complexity index is 2950. The summed E-state index contributed by atoms with van der Waals surface area (Å²) in [5.41, 5.74) is 6.97. The molecule has 2 saturated heterocycles. The monoisotopic (exact) mass is 1330 g/mol. The summed E-state index contributed by atoms with van der Waals surface area (Å²) in [5.74, 6) is 3.33. The Morgan fingerprint density at radius 2 is 0.839 bits per heavy atom. The van der Waals surface area contributed by atoms with Gasteiger partial charge in [-0.05, 0) is 162 Å². The molecule has 28 nitrogen and oxygen atoms in total. The van der Waals surface area contributed by atoms with E-state index in [9.17, 15) is 10.2 Å². The lowest BCUT2D eigenvalue weighted by molar-refractivity contribution is 0.194. The zero-order valence-electron chi connectivity index (χ0n) is 49.1. The number of hydrogen-bond acceptors (Lipinski definition) is 28. The van der Waals surface area contributed by atoms with Crippen LogP contribution in [0.5, 0.6) is 17.2 Å². The summed E-state index contributed by atoms with van der Waals surface area (Å²) in [7, 11) is 13.0. The Kier molecular flexibility index (Phi) is 33.3. The minimum atomic E-state index is -0.600. The molecule has 480 valence electrons. The van der Waals surface area contributed by atoms with Gasteiger partial charge in [-0.3, -0.25) is 0 Å². The fourth-order valence-corrected chi connectivity index (χ4v) is 8.98. The number of aliphatic hydroxyl groups excluding tert-OH is 6. The third-order valence-electron chi connectivity index (χ3n) is 12.7. The van der Waals surface area contributed by atoms with Gasteiger partial charge < -0.3 is 97.2 Å². The minimum absolute atomic E-state index is 0.0112. The molecule has 0 atom stereocenters. The van der Waals surface area contributed by atoms with Crippen molar-refractivity contribution in [1.82, 2.24) is 60.0 Å². The number of aliphatic hydroxyl groups is 6. The number of nitrogens with zero attached hydrogens (tertiary/aromatic N) is 12. The van der Waals surface area contributed by atoms with Gasteiger partial charge >= 0.3 is 0 Å². The molecular weight excluding hydrogens is 1260 g/mol. The van der Waals surface area contributed by atoms with Crippen molar-refractivity contribution in [3.05, 3.63) is 85.5 Å². The minimum Gasteiger partial charge on any atom is -0.495 e. The van der Waals surface area contributed by atoms with E-state index in [2.05, 4.69) is 113 Å². The van der Waals surface area contributed by atoms with Gasteiger partial charge in [0.15, 0.2) is 0 Å². The summed E-state index contributed by atoms with van der Waals surface area (Å²) in [6.45, 7) is 3.19. The first-order chi connectivity index (χ1) is 41.7. The highest BCUT2D eigenvalue weighted by Gasteiger charge is 2.24. The molecule has 14 N–H and O–H groups in total. The predicted molar refractivity (Wildman–Crippen MR) is 342 cm³/mol. The van der Waals surface area contributed by atoms with Gasteiger partial charge in [-0.2, -0.15) is 44.9 Å². The van der Waals surface area contributed by atoms with Crippen molar-refractivity contribution < 1.29 is 44.8 Å². The maximum absolute atomic E-state index is 9.43. The molecule has 0 spiro atoms. The molecular formula is C53H77Cl6N19O9. The summed E-state index contributed by atoms with van der Waals surface area (Å²) >= 11 is 35.4. The molecule has 2 aliphatic heterocycles. The van der Waals surface area contributed by atoms with Gasteiger partial charge in [0.05, 0.1) is 94.2 Å². The number of anilines is 9. The van der Waals surface area contributed by atoms with E-state index in [4.69, 9.17) is 110 Å². The first-order valence-electron chi connectivity index (χ1n) is 27.0. The topological polar surface area (TPSA) is 373 Å². The molecule has 8 rings (SSSR count). The van der Waals surface area contributed by atoms with E-state index in [-0.39, 0.29) is 79.3 Å². The lowest BCUT2D eigenvalue weighted by Gasteiger charge is -2.35. The average Bonchev–Trinajstić information content (AvgIpc) is 2.26. The molecule has 0 unspecified atom stereocenters. The summed E-state index contributed by atoms with van der Waals surface area (Å²) in [4.78, 5) is 43.6. The van der Waals surface area contributed by atoms with E-state index < -0.39 is 18.1 Å². The van der Waals surface area contributed by atoms with Crippen LogP contribution in [-0.2, 0) is 0 Å². The van der Waals surface area contributed by atoms with E-state index in [0.29, 0.717) is 67.3 Å². The Morgan fingerprint density at radius 3 is 1.18 bits per heavy atom. The number of nitrogens with two attached hydrogens (primary N) is 1. The molecule has 3 aromatic heterocycles. The van der Waals surface area contributed by atoms with Crippen LogP contribution in [0.2, 0.25) is 30.9 Å². The SMILES string of the molecule is CNC1CCN(C)CC1.COc1ccc(Nc2nc(Cl)nc(Cl)n2)cc1Cl.COc1ccc(Nc2nc(Cl)nc(NC(CO)CO)n2)cc1Cl.COc1ccc(Nc2nc(NC(CO)CO)nc(N(C)C3CCN(C)CC3)n2)cc1Cl.NC(CO)CO. The van der Waals surface area contributed by atoms with Crippen molar-refractivity contribution in [1.29, 1.82) is 0 Å². The molecule has 34 heteroatoms. The second kappa shape index (κ2) is 39.3. The fraction of sp³-hybridized carbons (Fsp3) is 0.491. The van der Waals surface area contributed by atoms with E-state index in [1.54, 1.807) is 62.8 Å². The number of methoxy groups -OCH3 is 3. The maximum Gasteiger partial charge on any atom is 0.233 e. The molecule has 0 aliphatic carbocycles. The molecule has 2 aliphatic rings. The number of rotatable bonds is 22. The van der Waals surface area contributed by atoms with Crippen LogP contribution in [0.15, 0.2) is 54.6 Å². The van der Waals surface area contributed by atoms with Crippen molar-refractivity contribution in [2.75, 3.05) is 147 Å². The number of benzene rings is 3. The smallest absolute Gasteiger partial charge is 0.233 e. The first-order valence-corrected chi connectivity index (χ1v) is 29.2. The van der Waals surface area contributed by atoms with Crippen LogP contribution in [0.4, 0.5) is 52.8 Å². The normalized spacial score (nSPS) is 13.6. The average molecular weight is 1340 g/mol. The number of likely N-dealkylation sites (tertiary alicyclic amines) is 2. The second-order valence-corrected chi connectivity index (χ2v) is 21.4. The summed E-state index contributed by atoms with van der Waals surface area (Å²) in [5, 5.41) is 72.4. The first kappa shape index (κ1) is 73.7. The molecule has 3 aromatic carbocycles. The number of halogens is 6. The van der Waals surface area contributed by atoms with Crippen LogP contribution >= 0.6 is 69.6 Å². The Morgan fingerprint density at radius 1 is 0.506 bits per heavy atom. The van der Waals surface area contributed by atoms with Crippen LogP contribution in [-0.4, -0.2) is 231 Å². The van der Waals surface area contributed by atoms with Crippen molar-refractivity contribution in [2.24, 2.45) is 5.73 Å². The molecule has 0 amide bonds. The molecule has 5 heterocycles. The highest BCUT2D eigenvalue weighted by molar-refractivity contribution is 6.33. The van der Waals surface area contributed by atoms with Crippen LogP contribution < -0.4 is 56.7 Å². The van der Waals surface area contributed by atoms with Crippen molar-refractivity contribution >= 4 is 122 Å². The quantitative estimate of drug-likeness (QED) is 0.0402. The van der Waals surface area contributed by atoms with Gasteiger partial charge in [0.2, 0.25) is 51.5 Å². The highest BCUT2D eigenvalue weighted by Crippen LogP contribution is 2.32. The van der Waals surface area contributed by atoms with E-state index in [0.717, 1.165) is 32.0 Å². The van der Waals surface area contributed by atoms with Crippen LogP contribution in [0, 0.1) is 0 Å². The number of ether oxygens (including phenoxy) is 3. The van der Waals surface area contributed by atoms with Gasteiger partial charge in [-0.1, -0.05) is 34.8 Å². The lowest BCUT2D eigenvalue weighted by atomic mass is 10.0. The molecule has 87 heavy (non-hydrogen) atoms. The molecule has 2 fully saturated rings. The van der Waals surface area contributed by atoms with Gasteiger partial charge in [-0.15, -0.1) is 0 Å². The third-order valence-corrected chi connectivity index (χ3v) is 14.1. The summed E-state index contributed by atoms with van der Waals surface area (Å²) in [6.07, 6.45) is 4.64. The lowest BCUT2D eigenvalue weighted by Crippen LogP contribution is -2.42. The van der Waals surface area contributed by atoms with Crippen molar-refractivity contribution in [3.63, 3.8) is 0 Å². The fourth-order valence-electron chi connectivity index (χ4n) is 7.68. The van der Waals surface area contributed by atoms with E-state index >= 15 is 0 Å². The van der Waals surface area contributed by atoms with E-state index in [1.165, 1.54) is 33.0 Å². The zero-order valence-corrected chi connectivity index (χ0v) is 53.6. The Hall–Kier alpha value is -5.77. The standard InChI is InChI=1S/C20H30ClN7O3.C13H15Cl2N5O3.C10H7Cl3N4O.C7H16N2.C3H9NO2/c1-27-8-6-15(7-9-27)28(2)20-25-18(24-19(26-20)23-14(11-29)12-30)22-13-4-5-17(31-3)16(21)10-13;1-23-10-3-2-7(4-9(10)14)16-12-18-11(15)19-13(20-12)17-8(5-21)6-22;1-18-7-3-2-5(4-6(7)11)14-10-16-8(12)15-9(13)17-10;1-8-7-3-5-9(2)6-4-7;4-3(1-5)2-6/h4-5,10,14-15,29-30H,6-9,11-12H2,1-3H3,(H2,22,23,24,25,26);2-4,8,21-22H,5-6H2,1H3,(H2,16,17,18,19,20);2-4H,1H3,(H,14,15,16,17);7-8H,3-6H2,1-2H3;3,5-6H,1-2,4H2. The number of nitrogens with one attached hydrogen (secondary N) is 6. The summed E-state index contributed by atoms with van der Waals surface area (Å²) in [6, 6.07) is 15.0. The zero-order chi connectivity index (χ0) is 64.0. The Labute approximate surface area is 535 Å². The molecule has 0 saturated carbocycles. The van der Waals surface area contributed by atoms with Crippen LogP contribution in [0.3, 0.4) is 0 Å². The van der Waals surface area contributed by atoms with Gasteiger partial charge in [0, 0.05) is 36.2 Å². The van der Waals surface area contributed by atoms with Gasteiger partial charge in [-0.25, -0.2) is 0 Å². The molecule has 0 bridgehead atoms. The maximum atomic E-state index is 9.43. The number of hydrogen-bond donors (Lipinski definition) is 13. The number of aromatic nitrogens is 9. The highest BCUT2D eigenvalue weighted by atomic mass is 35.5. The summed E-state index contributed by atoms with van der Waals surface area (Å²) < 4.78 is 15.3. The number of piperidine rings is 2. The predicted octanol–water partition coefficient (Wildman–Crippen LogP) is 5.45. The Balaban J connectivity index is 0.000000255. The van der Waals surface area contributed by atoms with Crippen molar-refractivity contribution in [3.8, 4) is 17.2 Å². The third kappa shape index (κ3) is 26.1. The van der Waals surface area contributed by atoms with Crippen LogP contribution in [0.25, 0.3) is 0 Å². The molecule has 0 radical (unpaired) electrons. The van der Waals surface area contributed by atoms with E-state index in [1.807, 2.05) is 13.1 Å².